The predicted molar refractivity (Wildman–Crippen MR) is 95.7 cm³/mol. The minimum absolute atomic E-state index is 0.228. The highest BCUT2D eigenvalue weighted by molar-refractivity contribution is 7.15. The molecule has 0 saturated heterocycles. The number of thiazole rings is 1. The second kappa shape index (κ2) is 7.81. The average Bonchev–Trinajstić information content (AvgIpc) is 3.25. The van der Waals surface area contributed by atoms with Gasteiger partial charge in [0.05, 0.1) is 12.2 Å². The van der Waals surface area contributed by atoms with Gasteiger partial charge in [-0.25, -0.2) is 19.7 Å². The maximum atomic E-state index is 12.3. The summed E-state index contributed by atoms with van der Waals surface area (Å²) >= 11 is 2.50. The van der Waals surface area contributed by atoms with Crippen LogP contribution >= 0.6 is 22.7 Å². The molecule has 0 aliphatic heterocycles. The summed E-state index contributed by atoms with van der Waals surface area (Å²) in [5.74, 6) is -0.487. The number of thiophene rings is 1. The van der Waals surface area contributed by atoms with Crippen molar-refractivity contribution in [3.63, 3.8) is 0 Å². The maximum absolute atomic E-state index is 12.3. The van der Waals surface area contributed by atoms with Crippen molar-refractivity contribution >= 4 is 50.6 Å². The van der Waals surface area contributed by atoms with E-state index in [1.54, 1.807) is 42.2 Å². The molecule has 0 aromatic carbocycles. The fraction of sp³-hybridized carbons (Fsp3) is 0.133. The molecule has 3 aromatic heterocycles. The van der Waals surface area contributed by atoms with Crippen molar-refractivity contribution in [3.05, 3.63) is 46.5 Å². The molecule has 0 spiro atoms. The van der Waals surface area contributed by atoms with Crippen molar-refractivity contribution in [1.29, 1.82) is 0 Å². The molecule has 0 fully saturated rings. The van der Waals surface area contributed by atoms with Gasteiger partial charge < -0.3 is 15.4 Å². The molecule has 25 heavy (non-hydrogen) atoms. The summed E-state index contributed by atoms with van der Waals surface area (Å²) in [6.07, 6.45) is 3.20. The normalized spacial score (nSPS) is 10.3. The zero-order chi connectivity index (χ0) is 17.6. The first kappa shape index (κ1) is 17.0. The zero-order valence-corrected chi connectivity index (χ0v) is 14.7. The smallest absolute Gasteiger partial charge is 0.341 e. The first-order chi connectivity index (χ1) is 12.2. The lowest BCUT2D eigenvalue weighted by molar-refractivity contribution is 0.0528. The zero-order valence-electron chi connectivity index (χ0n) is 13.1. The van der Waals surface area contributed by atoms with Gasteiger partial charge >= 0.3 is 5.97 Å². The fourth-order valence-electron chi connectivity index (χ4n) is 1.84. The maximum Gasteiger partial charge on any atom is 0.341 e. The van der Waals surface area contributed by atoms with E-state index in [9.17, 15) is 9.59 Å². The van der Waals surface area contributed by atoms with Crippen LogP contribution in [0.5, 0.6) is 0 Å². The molecule has 0 saturated carbocycles. The summed E-state index contributed by atoms with van der Waals surface area (Å²) in [6, 6.07) is 3.31. The molecule has 1 amide bonds. The van der Waals surface area contributed by atoms with Gasteiger partial charge in [-0.2, -0.15) is 0 Å². The Morgan fingerprint density at radius 1 is 1.24 bits per heavy atom. The third kappa shape index (κ3) is 4.17. The number of nitrogens with one attached hydrogen (secondary N) is 2. The van der Waals surface area contributed by atoms with Crippen LogP contribution < -0.4 is 10.6 Å². The van der Waals surface area contributed by atoms with E-state index in [4.69, 9.17) is 4.74 Å². The molecule has 0 bridgehead atoms. The summed E-state index contributed by atoms with van der Waals surface area (Å²) in [5, 5.41) is 9.85. The number of esters is 1. The van der Waals surface area contributed by atoms with Crippen LogP contribution in [0.25, 0.3) is 0 Å². The summed E-state index contributed by atoms with van der Waals surface area (Å²) in [4.78, 5) is 36.5. The van der Waals surface area contributed by atoms with E-state index in [2.05, 4.69) is 25.6 Å². The SMILES string of the molecule is CCOC(=O)c1ccsc1NC(=O)c1csc(Nc2ncccn2)n1. The minimum atomic E-state index is -0.471. The molecular formula is C15H13N5O3S2. The number of anilines is 3. The van der Waals surface area contributed by atoms with E-state index in [1.165, 1.54) is 22.7 Å². The van der Waals surface area contributed by atoms with Crippen molar-refractivity contribution in [2.45, 2.75) is 6.92 Å². The van der Waals surface area contributed by atoms with E-state index in [-0.39, 0.29) is 12.3 Å². The van der Waals surface area contributed by atoms with Crippen molar-refractivity contribution in [2.75, 3.05) is 17.2 Å². The Bertz CT molecular complexity index is 878. The molecule has 3 heterocycles. The summed E-state index contributed by atoms with van der Waals surface area (Å²) in [6.45, 7) is 1.99. The second-order valence-corrected chi connectivity index (χ2v) is 6.35. The van der Waals surface area contributed by atoms with Gasteiger partial charge in [-0.15, -0.1) is 22.7 Å². The van der Waals surface area contributed by atoms with Crippen molar-refractivity contribution < 1.29 is 14.3 Å². The number of amides is 1. The summed E-state index contributed by atoms with van der Waals surface area (Å²) in [7, 11) is 0. The van der Waals surface area contributed by atoms with Gasteiger partial charge in [0, 0.05) is 17.8 Å². The van der Waals surface area contributed by atoms with Crippen molar-refractivity contribution in [2.24, 2.45) is 0 Å². The number of hydrogen-bond acceptors (Lipinski definition) is 9. The third-order valence-electron chi connectivity index (χ3n) is 2.91. The van der Waals surface area contributed by atoms with E-state index >= 15 is 0 Å². The monoisotopic (exact) mass is 375 g/mol. The van der Waals surface area contributed by atoms with Crippen LogP contribution in [0.2, 0.25) is 0 Å². The molecule has 8 nitrogen and oxygen atoms in total. The van der Waals surface area contributed by atoms with Gasteiger partial charge in [-0.05, 0) is 24.4 Å². The molecule has 0 unspecified atom stereocenters. The number of aromatic nitrogens is 3. The molecule has 128 valence electrons. The highest BCUT2D eigenvalue weighted by atomic mass is 32.1. The van der Waals surface area contributed by atoms with Gasteiger partial charge in [-0.1, -0.05) is 0 Å². The largest absolute Gasteiger partial charge is 0.462 e. The summed E-state index contributed by atoms with van der Waals surface area (Å²) < 4.78 is 4.96. The van der Waals surface area contributed by atoms with Crippen LogP contribution in [-0.2, 0) is 4.74 Å². The van der Waals surface area contributed by atoms with E-state index in [0.29, 0.717) is 21.6 Å². The van der Waals surface area contributed by atoms with Crippen LogP contribution in [0.15, 0.2) is 35.3 Å². The van der Waals surface area contributed by atoms with Crippen LogP contribution in [-0.4, -0.2) is 33.4 Å². The first-order valence-corrected chi connectivity index (χ1v) is 8.99. The van der Waals surface area contributed by atoms with Crippen LogP contribution in [0, 0.1) is 0 Å². The number of carbonyl (C=O) groups excluding carboxylic acids is 2. The Kier molecular flexibility index (Phi) is 5.31. The molecule has 2 N–H and O–H groups in total. The average molecular weight is 375 g/mol. The van der Waals surface area contributed by atoms with Crippen molar-refractivity contribution in [1.82, 2.24) is 15.0 Å². The first-order valence-electron chi connectivity index (χ1n) is 7.23. The Morgan fingerprint density at radius 3 is 2.80 bits per heavy atom. The van der Waals surface area contributed by atoms with Crippen LogP contribution in [0.4, 0.5) is 16.1 Å². The standard InChI is InChI=1S/C15H13N5O3S2/c1-2-23-13(22)9-4-7-24-12(9)19-11(21)10-8-25-15(18-10)20-14-16-5-3-6-17-14/h3-8H,2H2,1H3,(H,19,21)(H,16,17,18,20). The highest BCUT2D eigenvalue weighted by Crippen LogP contribution is 2.25. The highest BCUT2D eigenvalue weighted by Gasteiger charge is 2.18. The van der Waals surface area contributed by atoms with E-state index in [0.717, 1.165) is 0 Å². The minimum Gasteiger partial charge on any atom is -0.462 e. The van der Waals surface area contributed by atoms with Crippen molar-refractivity contribution in [3.8, 4) is 0 Å². The lowest BCUT2D eigenvalue weighted by Crippen LogP contribution is -2.14. The van der Waals surface area contributed by atoms with E-state index in [1.807, 2.05) is 0 Å². The lowest BCUT2D eigenvalue weighted by Gasteiger charge is -2.04. The van der Waals surface area contributed by atoms with Gasteiger partial charge in [-0.3, -0.25) is 4.79 Å². The molecule has 3 rings (SSSR count). The third-order valence-corrected chi connectivity index (χ3v) is 4.50. The lowest BCUT2D eigenvalue weighted by atomic mass is 10.3. The number of ether oxygens (including phenoxy) is 1. The van der Waals surface area contributed by atoms with Crippen LogP contribution in [0.3, 0.4) is 0 Å². The van der Waals surface area contributed by atoms with Gasteiger partial charge in [0.1, 0.15) is 10.7 Å². The van der Waals surface area contributed by atoms with Crippen LogP contribution in [0.1, 0.15) is 27.8 Å². The Hall–Kier alpha value is -2.85. The number of nitrogens with zero attached hydrogens (tertiary/aromatic N) is 3. The van der Waals surface area contributed by atoms with Gasteiger partial charge in [0.25, 0.3) is 5.91 Å². The van der Waals surface area contributed by atoms with Gasteiger partial charge in [0.2, 0.25) is 5.95 Å². The Labute approximate surface area is 150 Å². The molecule has 3 aromatic rings. The molecule has 0 aliphatic carbocycles. The fourth-order valence-corrected chi connectivity index (χ4v) is 3.29. The number of hydrogen-bond donors (Lipinski definition) is 2. The Balaban J connectivity index is 1.69. The van der Waals surface area contributed by atoms with Gasteiger partial charge in [0.15, 0.2) is 5.13 Å². The Morgan fingerprint density at radius 2 is 2.04 bits per heavy atom. The molecule has 0 atom stereocenters. The number of carbonyl (C=O) groups is 2. The molecule has 0 radical (unpaired) electrons. The topological polar surface area (TPSA) is 106 Å². The molecule has 10 heteroatoms. The predicted octanol–water partition coefficient (Wildman–Crippen LogP) is 3.17. The summed E-state index contributed by atoms with van der Waals surface area (Å²) in [5.41, 5.74) is 0.554. The second-order valence-electron chi connectivity index (χ2n) is 4.57. The van der Waals surface area contributed by atoms with E-state index < -0.39 is 11.9 Å². The molecular weight excluding hydrogens is 362 g/mol. The number of rotatable bonds is 6. The quantitative estimate of drug-likeness (QED) is 0.637. The molecule has 0 aliphatic rings.